The summed E-state index contributed by atoms with van der Waals surface area (Å²) >= 11 is 2.00. The van der Waals surface area contributed by atoms with E-state index in [1.54, 1.807) is 0 Å². The zero-order chi connectivity index (χ0) is 10.7. The summed E-state index contributed by atoms with van der Waals surface area (Å²) in [5.74, 6) is 1.25. The Kier molecular flexibility index (Phi) is 3.44. The van der Waals surface area contributed by atoms with Crippen LogP contribution in [0.5, 0.6) is 0 Å². The molecule has 0 bridgehead atoms. The molecule has 1 N–H and O–H groups in total. The van der Waals surface area contributed by atoms with Crippen molar-refractivity contribution >= 4 is 17.8 Å². The summed E-state index contributed by atoms with van der Waals surface area (Å²) in [4.78, 5) is 13.7. The maximum atomic E-state index is 11.7. The molecule has 1 atom stereocenters. The molecule has 2 rings (SSSR count). The average molecular weight is 228 g/mol. The number of carbonyl (C=O) groups is 1. The molecule has 86 valence electrons. The normalized spacial score (nSPS) is 30.9. The summed E-state index contributed by atoms with van der Waals surface area (Å²) in [6.45, 7) is 4.97. The smallest absolute Gasteiger partial charge is 0.317 e. The molecule has 2 heterocycles. The molecule has 0 radical (unpaired) electrons. The van der Waals surface area contributed by atoms with E-state index in [2.05, 4.69) is 12.2 Å². The molecule has 0 aromatic rings. The van der Waals surface area contributed by atoms with Gasteiger partial charge in [-0.15, -0.1) is 0 Å². The van der Waals surface area contributed by atoms with Crippen LogP contribution < -0.4 is 5.32 Å². The molecule has 2 aliphatic heterocycles. The second kappa shape index (κ2) is 4.64. The van der Waals surface area contributed by atoms with Gasteiger partial charge in [0.2, 0.25) is 0 Å². The Labute approximate surface area is 96.0 Å². The third-order valence-corrected chi connectivity index (χ3v) is 4.85. The van der Waals surface area contributed by atoms with Gasteiger partial charge in [0.15, 0.2) is 0 Å². The zero-order valence-corrected chi connectivity index (χ0v) is 10.2. The van der Waals surface area contributed by atoms with Crippen LogP contribution in [0.1, 0.15) is 32.6 Å². The van der Waals surface area contributed by atoms with Gasteiger partial charge < -0.3 is 10.2 Å². The van der Waals surface area contributed by atoms with Crippen LogP contribution in [0.2, 0.25) is 0 Å². The van der Waals surface area contributed by atoms with Crippen molar-refractivity contribution in [3.05, 3.63) is 0 Å². The standard InChI is InChI=1S/C11H20N2OS/c1-11(5-4-8-15-11)9-12-10(14)13-6-2-3-7-13/h2-9H2,1H3,(H,12,14). The predicted octanol–water partition coefficient (Wildman–Crippen LogP) is 2.08. The first-order valence-electron chi connectivity index (χ1n) is 5.86. The van der Waals surface area contributed by atoms with Gasteiger partial charge in [-0.25, -0.2) is 4.79 Å². The third kappa shape index (κ3) is 2.80. The number of amides is 2. The largest absolute Gasteiger partial charge is 0.337 e. The first kappa shape index (κ1) is 11.1. The summed E-state index contributed by atoms with van der Waals surface area (Å²) in [7, 11) is 0. The van der Waals surface area contributed by atoms with Gasteiger partial charge in [0.05, 0.1) is 0 Å². The van der Waals surface area contributed by atoms with Crippen molar-refractivity contribution in [1.82, 2.24) is 10.2 Å². The van der Waals surface area contributed by atoms with Gasteiger partial charge in [0.25, 0.3) is 0 Å². The molecular formula is C11H20N2OS. The number of hydrogen-bond donors (Lipinski definition) is 1. The lowest BCUT2D eigenvalue weighted by atomic mass is 10.1. The SMILES string of the molecule is CC1(CNC(=O)N2CCCC2)CCCS1. The van der Waals surface area contributed by atoms with E-state index < -0.39 is 0 Å². The van der Waals surface area contributed by atoms with Crippen LogP contribution in [0, 0.1) is 0 Å². The molecule has 3 nitrogen and oxygen atoms in total. The van der Waals surface area contributed by atoms with E-state index in [9.17, 15) is 4.79 Å². The van der Waals surface area contributed by atoms with E-state index in [-0.39, 0.29) is 10.8 Å². The third-order valence-electron chi connectivity index (χ3n) is 3.31. The first-order valence-corrected chi connectivity index (χ1v) is 6.85. The molecule has 2 amide bonds. The van der Waals surface area contributed by atoms with Crippen LogP contribution in [0.4, 0.5) is 4.79 Å². The fourth-order valence-electron chi connectivity index (χ4n) is 2.27. The number of urea groups is 1. The molecule has 0 aliphatic carbocycles. The highest BCUT2D eigenvalue weighted by molar-refractivity contribution is 8.00. The molecular weight excluding hydrogens is 208 g/mol. The number of thioether (sulfide) groups is 1. The Morgan fingerprint density at radius 1 is 1.40 bits per heavy atom. The minimum atomic E-state index is 0.140. The monoisotopic (exact) mass is 228 g/mol. The zero-order valence-electron chi connectivity index (χ0n) is 9.42. The van der Waals surface area contributed by atoms with Gasteiger partial charge in [0.1, 0.15) is 0 Å². The topological polar surface area (TPSA) is 32.3 Å². The van der Waals surface area contributed by atoms with E-state index in [1.807, 2.05) is 16.7 Å². The summed E-state index contributed by atoms with van der Waals surface area (Å²) in [6.07, 6.45) is 4.86. The molecule has 0 aromatic heterocycles. The van der Waals surface area contributed by atoms with E-state index in [0.717, 1.165) is 19.6 Å². The lowest BCUT2D eigenvalue weighted by molar-refractivity contribution is 0.207. The Bertz CT molecular complexity index is 233. The van der Waals surface area contributed by atoms with Crippen molar-refractivity contribution in [2.45, 2.75) is 37.4 Å². The number of likely N-dealkylation sites (tertiary alicyclic amines) is 1. The highest BCUT2D eigenvalue weighted by atomic mass is 32.2. The van der Waals surface area contributed by atoms with Gasteiger partial charge in [-0.05, 0) is 38.4 Å². The highest BCUT2D eigenvalue weighted by Crippen LogP contribution is 2.36. The first-order chi connectivity index (χ1) is 7.20. The number of hydrogen-bond acceptors (Lipinski definition) is 2. The molecule has 0 spiro atoms. The van der Waals surface area contributed by atoms with Gasteiger partial charge in [-0.1, -0.05) is 0 Å². The Balaban J connectivity index is 1.74. The molecule has 2 fully saturated rings. The Hall–Kier alpha value is -0.380. The maximum Gasteiger partial charge on any atom is 0.317 e. The van der Waals surface area contributed by atoms with Gasteiger partial charge >= 0.3 is 6.03 Å². The van der Waals surface area contributed by atoms with Crippen LogP contribution >= 0.6 is 11.8 Å². The van der Waals surface area contributed by atoms with Crippen LogP contribution in [-0.4, -0.2) is 41.1 Å². The van der Waals surface area contributed by atoms with E-state index in [0.29, 0.717) is 0 Å². The average Bonchev–Trinajstić information content (AvgIpc) is 2.85. The van der Waals surface area contributed by atoms with E-state index >= 15 is 0 Å². The van der Waals surface area contributed by atoms with E-state index in [1.165, 1.54) is 31.4 Å². The fraction of sp³-hybridized carbons (Fsp3) is 0.909. The number of nitrogens with zero attached hydrogens (tertiary/aromatic N) is 1. The van der Waals surface area contributed by atoms with Crippen LogP contribution in [0.15, 0.2) is 0 Å². The van der Waals surface area contributed by atoms with Crippen molar-refractivity contribution in [2.24, 2.45) is 0 Å². The highest BCUT2D eigenvalue weighted by Gasteiger charge is 2.30. The molecule has 4 heteroatoms. The summed E-state index contributed by atoms with van der Waals surface area (Å²) in [5, 5.41) is 3.07. The Morgan fingerprint density at radius 3 is 2.73 bits per heavy atom. The minimum Gasteiger partial charge on any atom is -0.337 e. The lowest BCUT2D eigenvalue weighted by Gasteiger charge is -2.25. The molecule has 1 unspecified atom stereocenters. The molecule has 0 saturated carbocycles. The van der Waals surface area contributed by atoms with E-state index in [4.69, 9.17) is 0 Å². The quantitative estimate of drug-likeness (QED) is 0.785. The summed E-state index contributed by atoms with van der Waals surface area (Å²) in [5.41, 5.74) is 0. The molecule has 2 saturated heterocycles. The van der Waals surface area contributed by atoms with Crippen LogP contribution in [0.25, 0.3) is 0 Å². The molecule has 0 aromatic carbocycles. The van der Waals surface area contributed by atoms with Crippen molar-refractivity contribution < 1.29 is 4.79 Å². The lowest BCUT2D eigenvalue weighted by Crippen LogP contribution is -2.43. The number of rotatable bonds is 2. The second-order valence-corrected chi connectivity index (χ2v) is 6.44. The van der Waals surface area contributed by atoms with Crippen molar-refractivity contribution in [2.75, 3.05) is 25.4 Å². The summed E-state index contributed by atoms with van der Waals surface area (Å²) < 4.78 is 0.287. The van der Waals surface area contributed by atoms with Crippen molar-refractivity contribution in [3.8, 4) is 0 Å². The maximum absolute atomic E-state index is 11.7. The van der Waals surface area contributed by atoms with Crippen LogP contribution in [0.3, 0.4) is 0 Å². The second-order valence-electron chi connectivity index (χ2n) is 4.75. The fourth-order valence-corrected chi connectivity index (χ4v) is 3.52. The van der Waals surface area contributed by atoms with Gasteiger partial charge in [0, 0.05) is 24.4 Å². The minimum absolute atomic E-state index is 0.140. The Morgan fingerprint density at radius 2 is 2.13 bits per heavy atom. The van der Waals surface area contributed by atoms with Crippen molar-refractivity contribution in [1.29, 1.82) is 0 Å². The van der Waals surface area contributed by atoms with Crippen molar-refractivity contribution in [3.63, 3.8) is 0 Å². The number of carbonyl (C=O) groups excluding carboxylic acids is 1. The van der Waals surface area contributed by atoms with Gasteiger partial charge in [-0.3, -0.25) is 0 Å². The number of nitrogens with one attached hydrogen (secondary N) is 1. The predicted molar refractivity (Wildman–Crippen MR) is 64.3 cm³/mol. The van der Waals surface area contributed by atoms with Gasteiger partial charge in [-0.2, -0.15) is 11.8 Å². The van der Waals surface area contributed by atoms with Crippen LogP contribution in [-0.2, 0) is 0 Å². The summed E-state index contributed by atoms with van der Waals surface area (Å²) in [6, 6.07) is 0.140. The molecule has 15 heavy (non-hydrogen) atoms. The molecule has 2 aliphatic rings.